The first-order chi connectivity index (χ1) is 28.1. The van der Waals surface area contributed by atoms with Crippen LogP contribution in [0.3, 0.4) is 0 Å². The van der Waals surface area contributed by atoms with Crippen molar-refractivity contribution in [3.8, 4) is 5.75 Å². The maximum Gasteiger partial charge on any atom is 0.292 e. The quantitative estimate of drug-likeness (QED) is 0.0700. The van der Waals surface area contributed by atoms with E-state index in [1.54, 1.807) is 18.0 Å². The molecule has 60 heavy (non-hydrogen) atoms. The first-order valence-corrected chi connectivity index (χ1v) is 27.5. The zero-order valence-corrected chi connectivity index (χ0v) is 39.2. The zero-order valence-electron chi connectivity index (χ0n) is 36.4. The van der Waals surface area contributed by atoms with Gasteiger partial charge in [0.05, 0.1) is 31.1 Å². The maximum atomic E-state index is 13.4. The van der Waals surface area contributed by atoms with Gasteiger partial charge in [-0.15, -0.1) is 0 Å². The van der Waals surface area contributed by atoms with E-state index in [1.165, 1.54) is 6.33 Å². The molecule has 16 heteroatoms. The molecule has 13 nitrogen and oxygen atoms in total. The summed E-state index contributed by atoms with van der Waals surface area (Å²) < 4.78 is 61.2. The monoisotopic (exact) mass is 870 g/mol. The van der Waals surface area contributed by atoms with E-state index in [-0.39, 0.29) is 22.4 Å². The minimum Gasteiger partial charge on any atom is -0.497 e. The molecule has 2 aliphatic heterocycles. The molecule has 0 saturated carbocycles. The second kappa shape index (κ2) is 15.5. The second-order valence-corrected chi connectivity index (χ2v) is 29.7. The number of nitrogens with one attached hydrogen (secondary N) is 1. The molecule has 0 aliphatic carbocycles. The van der Waals surface area contributed by atoms with Crippen LogP contribution < -0.4 is 15.8 Å². The van der Waals surface area contributed by atoms with Gasteiger partial charge in [0.2, 0.25) is 0 Å². The summed E-state index contributed by atoms with van der Waals surface area (Å²) in [6.07, 6.45) is 0.0986. The Kier molecular flexibility index (Phi) is 11.3. The highest BCUT2D eigenvalue weighted by atomic mass is 32.2. The fraction of sp³-hybridized carbons (Fsp3) is 0.432. The molecule has 4 heterocycles. The minimum absolute atomic E-state index is 0.00561. The van der Waals surface area contributed by atoms with Crippen molar-refractivity contribution in [2.75, 3.05) is 19.0 Å². The fourth-order valence-electron chi connectivity index (χ4n) is 7.46. The lowest BCUT2D eigenvalue weighted by molar-refractivity contribution is -0.0535. The summed E-state index contributed by atoms with van der Waals surface area (Å²) in [6.45, 7) is 21.3. The van der Waals surface area contributed by atoms with E-state index in [1.807, 2.05) is 60.7 Å². The number of hydrogen-bond acceptors (Lipinski definition) is 12. The van der Waals surface area contributed by atoms with Crippen LogP contribution in [0.5, 0.6) is 5.75 Å². The SMILES string of the molecule is COc1ccc(C(Nc2ncnc3c2ncn3[C@@H]2OC(CO[Si](C)(C)C(C)(C)C)C3(OS(=O)(=O)C=C3N)[C@H]2O[Si](C)(C)C(C)(C)C)(c2ccccc2)c2ccccc2)cc1. The number of aromatic nitrogens is 4. The molecule has 1 fully saturated rings. The van der Waals surface area contributed by atoms with Crippen molar-refractivity contribution in [3.05, 3.63) is 125 Å². The molecule has 0 radical (unpaired) electrons. The third kappa shape index (κ3) is 7.60. The highest BCUT2D eigenvalue weighted by Crippen LogP contribution is 2.53. The van der Waals surface area contributed by atoms with Crippen LogP contribution in [0.2, 0.25) is 36.3 Å². The Morgan fingerprint density at radius 2 is 1.38 bits per heavy atom. The summed E-state index contributed by atoms with van der Waals surface area (Å²) in [6, 6.07) is 28.3. The lowest BCUT2D eigenvalue weighted by atomic mass is 9.77. The number of benzene rings is 3. The van der Waals surface area contributed by atoms with Gasteiger partial charge in [-0.25, -0.2) is 19.1 Å². The topological polar surface area (TPSA) is 162 Å². The van der Waals surface area contributed by atoms with E-state index in [9.17, 15) is 8.42 Å². The molecule has 0 amide bonds. The van der Waals surface area contributed by atoms with E-state index < -0.39 is 56.3 Å². The number of ether oxygens (including phenoxy) is 2. The average Bonchev–Trinajstić information content (AvgIpc) is 3.83. The summed E-state index contributed by atoms with van der Waals surface area (Å²) in [5.74, 6) is 1.18. The van der Waals surface area contributed by atoms with Crippen LogP contribution >= 0.6 is 0 Å². The normalized spacial score (nSPS) is 22.3. The molecule has 1 saturated heterocycles. The van der Waals surface area contributed by atoms with E-state index in [0.29, 0.717) is 17.0 Å². The van der Waals surface area contributed by atoms with Gasteiger partial charge in [-0.05, 0) is 65.1 Å². The highest BCUT2D eigenvalue weighted by molar-refractivity contribution is 7.90. The first-order valence-electron chi connectivity index (χ1n) is 20.2. The molecule has 1 spiro atoms. The molecule has 4 atom stereocenters. The molecule has 3 N–H and O–H groups in total. The van der Waals surface area contributed by atoms with Crippen LogP contribution in [-0.4, -0.2) is 76.1 Å². The maximum absolute atomic E-state index is 13.4. The minimum atomic E-state index is -4.22. The number of nitrogens with two attached hydrogens (primary N) is 1. The third-order valence-electron chi connectivity index (χ3n) is 12.9. The number of anilines is 1. The fourth-order valence-corrected chi connectivity index (χ4v) is 11.0. The summed E-state index contributed by atoms with van der Waals surface area (Å²) in [7, 11) is -7.65. The third-order valence-corrected chi connectivity index (χ3v) is 23.0. The first kappa shape index (κ1) is 43.7. The van der Waals surface area contributed by atoms with E-state index in [2.05, 4.69) is 97.3 Å². The molecule has 2 unspecified atom stereocenters. The predicted molar refractivity (Wildman–Crippen MR) is 239 cm³/mol. The van der Waals surface area contributed by atoms with Crippen LogP contribution in [0.15, 0.2) is 109 Å². The molecule has 3 aromatic carbocycles. The summed E-state index contributed by atoms with van der Waals surface area (Å²) in [5.41, 5.74) is 7.82. The Morgan fingerprint density at radius 1 is 0.817 bits per heavy atom. The van der Waals surface area contributed by atoms with Crippen molar-refractivity contribution < 1.29 is 30.9 Å². The molecule has 0 bridgehead atoms. The van der Waals surface area contributed by atoms with Crippen molar-refractivity contribution in [1.29, 1.82) is 0 Å². The molecule has 7 rings (SSSR count). The van der Waals surface area contributed by atoms with Crippen LogP contribution in [0, 0.1) is 0 Å². The number of hydrogen-bond donors (Lipinski definition) is 2. The summed E-state index contributed by atoms with van der Waals surface area (Å²) in [4.78, 5) is 14.5. The molecule has 320 valence electrons. The predicted octanol–water partition coefficient (Wildman–Crippen LogP) is 8.45. The van der Waals surface area contributed by atoms with Crippen molar-refractivity contribution in [3.63, 3.8) is 0 Å². The molecule has 2 aromatic heterocycles. The Labute approximate surface area is 356 Å². The molecular weight excluding hydrogens is 813 g/mol. The largest absolute Gasteiger partial charge is 0.497 e. The van der Waals surface area contributed by atoms with E-state index in [0.717, 1.165) is 27.8 Å². The van der Waals surface area contributed by atoms with Gasteiger partial charge in [-0.3, -0.25) is 4.57 Å². The van der Waals surface area contributed by atoms with Crippen LogP contribution in [0.1, 0.15) is 64.5 Å². The second-order valence-electron chi connectivity index (χ2n) is 18.7. The molecular formula is C44H58N6O7SSi2. The standard InChI is InChI=1S/C44H58N6O7SSi2/c1-41(2,3)59(8,9)54-26-35-44(34(45)27-58(51,52)57-44)37(56-60(10,11)42(4,5)6)40(55-35)50-29-48-36-38(46-28-47-39(36)50)49-43(30-18-14-12-15-19-30,31-20-16-13-17-21-31)32-22-24-33(53-7)25-23-32/h12-25,27-29,35,37,40H,26,45H2,1-11H3,(H,46,47,49)/t35?,37-,40+,44?/m0/s1. The summed E-state index contributed by atoms with van der Waals surface area (Å²) >= 11 is 0. The number of nitrogens with zero attached hydrogens (tertiary/aromatic N) is 4. The summed E-state index contributed by atoms with van der Waals surface area (Å²) in [5, 5.41) is 4.40. The van der Waals surface area contributed by atoms with Crippen molar-refractivity contribution >= 4 is 43.7 Å². The number of fused-ring (bicyclic) bond motifs is 1. The van der Waals surface area contributed by atoms with Gasteiger partial charge in [0.25, 0.3) is 10.1 Å². The van der Waals surface area contributed by atoms with Gasteiger partial charge in [0, 0.05) is 0 Å². The van der Waals surface area contributed by atoms with E-state index in [4.69, 9.17) is 43.2 Å². The lowest BCUT2D eigenvalue weighted by Gasteiger charge is -2.43. The zero-order chi connectivity index (χ0) is 43.5. The van der Waals surface area contributed by atoms with Gasteiger partial charge >= 0.3 is 0 Å². The van der Waals surface area contributed by atoms with Gasteiger partial charge in [-0.1, -0.05) is 114 Å². The van der Waals surface area contributed by atoms with E-state index >= 15 is 0 Å². The molecule has 2 aliphatic rings. The van der Waals surface area contributed by atoms with Gasteiger partial charge in [0.15, 0.2) is 45.4 Å². The number of rotatable bonds is 12. The van der Waals surface area contributed by atoms with Gasteiger partial charge < -0.3 is 29.4 Å². The van der Waals surface area contributed by atoms with Crippen molar-refractivity contribution in [2.45, 2.75) is 107 Å². The van der Waals surface area contributed by atoms with Crippen molar-refractivity contribution in [2.24, 2.45) is 5.73 Å². The number of imidazole rings is 1. The Hall–Kier alpha value is -4.43. The van der Waals surface area contributed by atoms with Crippen molar-refractivity contribution in [1.82, 2.24) is 19.5 Å². The lowest BCUT2D eigenvalue weighted by Crippen LogP contribution is -2.59. The smallest absolute Gasteiger partial charge is 0.292 e. The molecule has 5 aromatic rings. The average molecular weight is 871 g/mol. The van der Waals surface area contributed by atoms with Crippen LogP contribution in [0.25, 0.3) is 11.2 Å². The van der Waals surface area contributed by atoms with Crippen LogP contribution in [-0.2, 0) is 33.4 Å². The Balaban J connectivity index is 1.40. The highest BCUT2D eigenvalue weighted by Gasteiger charge is 2.67. The van der Waals surface area contributed by atoms with Gasteiger partial charge in [-0.2, -0.15) is 8.42 Å². The Morgan fingerprint density at radius 3 is 1.90 bits per heavy atom. The van der Waals surface area contributed by atoms with Gasteiger partial charge in [0.1, 0.15) is 29.8 Å². The number of methoxy groups -OCH3 is 1. The Bertz CT molecular complexity index is 2430. The van der Waals surface area contributed by atoms with Crippen LogP contribution in [0.4, 0.5) is 5.82 Å².